The van der Waals surface area contributed by atoms with Crippen molar-refractivity contribution in [1.82, 2.24) is 0 Å². The molecule has 1 unspecified atom stereocenters. The summed E-state index contributed by atoms with van der Waals surface area (Å²) in [6.07, 6.45) is 1.77. The topological polar surface area (TPSA) is 89.6 Å². The number of carbonyl (C=O) groups is 2. The fourth-order valence-corrected chi connectivity index (χ4v) is 1.20. The molecule has 0 rings (SSSR count). The van der Waals surface area contributed by atoms with Gasteiger partial charge >= 0.3 is 11.9 Å². The zero-order chi connectivity index (χ0) is 12.7. The van der Waals surface area contributed by atoms with Crippen LogP contribution in [0.15, 0.2) is 0 Å². The van der Waals surface area contributed by atoms with Gasteiger partial charge in [0.1, 0.15) is 6.04 Å². The molecular weight excluding hydrogens is 210 g/mol. The lowest BCUT2D eigenvalue weighted by Gasteiger charge is -2.21. The van der Waals surface area contributed by atoms with E-state index in [1.54, 1.807) is 13.8 Å². The first-order valence-corrected chi connectivity index (χ1v) is 5.56. The van der Waals surface area contributed by atoms with Crippen LogP contribution in [0.2, 0.25) is 0 Å². The van der Waals surface area contributed by atoms with E-state index in [1.165, 1.54) is 0 Å². The lowest BCUT2D eigenvalue weighted by molar-refractivity contribution is -0.151. The highest BCUT2D eigenvalue weighted by Crippen LogP contribution is 2.16. The molecule has 0 aliphatic rings. The van der Waals surface area contributed by atoms with E-state index in [-0.39, 0.29) is 5.97 Å². The number of unbranched alkanes of at least 4 members (excludes halogenated alkanes) is 1. The summed E-state index contributed by atoms with van der Waals surface area (Å²) in [4.78, 5) is 22.2. The second-order valence-corrected chi connectivity index (χ2v) is 4.03. The van der Waals surface area contributed by atoms with Crippen molar-refractivity contribution in [3.63, 3.8) is 0 Å². The largest absolute Gasteiger partial charge is 0.480 e. The molecule has 0 amide bonds. The van der Waals surface area contributed by atoms with Gasteiger partial charge in [-0.25, -0.2) is 0 Å². The molecule has 0 saturated carbocycles. The van der Waals surface area contributed by atoms with Crippen molar-refractivity contribution in [1.29, 1.82) is 0 Å². The number of nitrogens with two attached hydrogens (primary N) is 1. The van der Waals surface area contributed by atoms with Crippen molar-refractivity contribution >= 4 is 11.9 Å². The number of ether oxygens (including phenoxy) is 1. The van der Waals surface area contributed by atoms with Crippen molar-refractivity contribution in [3.05, 3.63) is 0 Å². The Kier molecular flexibility index (Phi) is 6.72. The minimum absolute atomic E-state index is 0.377. The molecule has 0 radical (unpaired) electrons. The van der Waals surface area contributed by atoms with Crippen LogP contribution in [0.3, 0.4) is 0 Å². The van der Waals surface area contributed by atoms with Gasteiger partial charge < -0.3 is 15.6 Å². The second-order valence-electron chi connectivity index (χ2n) is 4.03. The molecule has 0 aromatic rings. The highest BCUT2D eigenvalue weighted by molar-refractivity contribution is 5.77. The maximum atomic E-state index is 11.5. The highest BCUT2D eigenvalue weighted by atomic mass is 16.5. The monoisotopic (exact) mass is 231 g/mol. The van der Waals surface area contributed by atoms with Gasteiger partial charge in [0.05, 0.1) is 12.5 Å². The molecule has 0 saturated heterocycles. The fraction of sp³-hybridized carbons (Fsp3) is 0.818. The third kappa shape index (κ3) is 4.61. The minimum atomic E-state index is -1.10. The van der Waals surface area contributed by atoms with Crippen molar-refractivity contribution in [2.75, 3.05) is 6.61 Å². The zero-order valence-electron chi connectivity index (χ0n) is 10.1. The predicted octanol–water partition coefficient (Wildman–Crippen LogP) is 1.01. The Hall–Kier alpha value is -1.10. The first-order valence-electron chi connectivity index (χ1n) is 5.56. The molecule has 0 heterocycles. The van der Waals surface area contributed by atoms with Crippen molar-refractivity contribution in [3.8, 4) is 0 Å². The first kappa shape index (κ1) is 14.9. The SMILES string of the molecule is CCCCOC(=O)C(C)[C@H](C)[C@H](N)C(=O)O. The van der Waals surface area contributed by atoms with Gasteiger partial charge in [-0.3, -0.25) is 9.59 Å². The smallest absolute Gasteiger partial charge is 0.320 e. The van der Waals surface area contributed by atoms with E-state index in [9.17, 15) is 9.59 Å². The summed E-state index contributed by atoms with van der Waals surface area (Å²) in [6.45, 7) is 5.67. The fourth-order valence-electron chi connectivity index (χ4n) is 1.20. The number of carboxylic acid groups (broad SMARTS) is 1. The Bertz CT molecular complexity index is 242. The predicted molar refractivity (Wildman–Crippen MR) is 59.8 cm³/mol. The van der Waals surface area contributed by atoms with E-state index in [2.05, 4.69) is 0 Å². The van der Waals surface area contributed by atoms with Crippen LogP contribution in [0.25, 0.3) is 0 Å². The number of esters is 1. The average Bonchev–Trinajstić information content (AvgIpc) is 2.26. The number of rotatable bonds is 7. The molecule has 0 spiro atoms. The van der Waals surface area contributed by atoms with Gasteiger partial charge in [-0.15, -0.1) is 0 Å². The third-order valence-corrected chi connectivity index (χ3v) is 2.75. The van der Waals surface area contributed by atoms with Crippen LogP contribution in [-0.2, 0) is 14.3 Å². The number of aliphatic carboxylic acids is 1. The number of hydrogen-bond donors (Lipinski definition) is 2. The van der Waals surface area contributed by atoms with E-state index >= 15 is 0 Å². The quantitative estimate of drug-likeness (QED) is 0.504. The second kappa shape index (κ2) is 7.22. The van der Waals surface area contributed by atoms with Crippen LogP contribution in [0.4, 0.5) is 0 Å². The first-order chi connectivity index (χ1) is 7.41. The van der Waals surface area contributed by atoms with Gasteiger partial charge in [0.25, 0.3) is 0 Å². The normalized spacial score (nSPS) is 16.2. The molecule has 5 heteroatoms. The van der Waals surface area contributed by atoms with E-state index in [4.69, 9.17) is 15.6 Å². The summed E-state index contributed by atoms with van der Waals surface area (Å²) in [5, 5.41) is 8.72. The van der Waals surface area contributed by atoms with Crippen LogP contribution < -0.4 is 5.73 Å². The average molecular weight is 231 g/mol. The standard InChI is InChI=1S/C11H21NO4/c1-4-5-6-16-11(15)8(3)7(2)9(12)10(13)14/h7-9H,4-6,12H2,1-3H3,(H,13,14)/t7-,8?,9-/m0/s1. The van der Waals surface area contributed by atoms with Crippen molar-refractivity contribution < 1.29 is 19.4 Å². The van der Waals surface area contributed by atoms with Gasteiger partial charge in [-0.2, -0.15) is 0 Å². The minimum Gasteiger partial charge on any atom is -0.480 e. The summed E-state index contributed by atoms with van der Waals surface area (Å²) in [6, 6.07) is -1.03. The van der Waals surface area contributed by atoms with Gasteiger partial charge in [0, 0.05) is 0 Å². The van der Waals surface area contributed by atoms with Crippen LogP contribution >= 0.6 is 0 Å². The summed E-state index contributed by atoms with van der Waals surface area (Å²) in [7, 11) is 0. The Balaban J connectivity index is 4.15. The van der Waals surface area contributed by atoms with Crippen LogP contribution in [0, 0.1) is 11.8 Å². The zero-order valence-corrected chi connectivity index (χ0v) is 10.1. The molecule has 16 heavy (non-hydrogen) atoms. The molecule has 0 aliphatic carbocycles. The molecule has 94 valence electrons. The summed E-state index contributed by atoms with van der Waals surface area (Å²) in [5.41, 5.74) is 5.45. The van der Waals surface area contributed by atoms with E-state index < -0.39 is 23.8 Å². The van der Waals surface area contributed by atoms with Gasteiger partial charge in [-0.1, -0.05) is 27.2 Å². The lowest BCUT2D eigenvalue weighted by atomic mass is 9.89. The van der Waals surface area contributed by atoms with Crippen LogP contribution in [0.5, 0.6) is 0 Å². The Morgan fingerprint density at radius 1 is 1.38 bits per heavy atom. The molecule has 0 fully saturated rings. The van der Waals surface area contributed by atoms with Crippen molar-refractivity contribution in [2.24, 2.45) is 17.6 Å². The summed E-state index contributed by atoms with van der Waals surface area (Å²) < 4.78 is 5.01. The van der Waals surface area contributed by atoms with Gasteiger partial charge in [0.15, 0.2) is 0 Å². The lowest BCUT2D eigenvalue weighted by Crippen LogP contribution is -2.41. The number of hydrogen-bond acceptors (Lipinski definition) is 4. The van der Waals surface area contributed by atoms with Crippen LogP contribution in [0.1, 0.15) is 33.6 Å². The maximum absolute atomic E-state index is 11.5. The van der Waals surface area contributed by atoms with Crippen molar-refractivity contribution in [2.45, 2.75) is 39.7 Å². The van der Waals surface area contributed by atoms with Gasteiger partial charge in [-0.05, 0) is 12.3 Å². The van der Waals surface area contributed by atoms with E-state index in [0.29, 0.717) is 6.61 Å². The Morgan fingerprint density at radius 3 is 2.38 bits per heavy atom. The third-order valence-electron chi connectivity index (χ3n) is 2.75. The van der Waals surface area contributed by atoms with E-state index in [1.807, 2.05) is 6.92 Å². The number of carbonyl (C=O) groups excluding carboxylic acids is 1. The molecular formula is C11H21NO4. The molecule has 5 nitrogen and oxygen atoms in total. The van der Waals surface area contributed by atoms with Gasteiger partial charge in [0.2, 0.25) is 0 Å². The highest BCUT2D eigenvalue weighted by Gasteiger charge is 2.30. The molecule has 3 atom stereocenters. The molecule has 0 bridgehead atoms. The van der Waals surface area contributed by atoms with E-state index in [0.717, 1.165) is 12.8 Å². The Morgan fingerprint density at radius 2 is 1.94 bits per heavy atom. The molecule has 3 N–H and O–H groups in total. The molecule has 0 aliphatic heterocycles. The summed E-state index contributed by atoms with van der Waals surface area (Å²) in [5.74, 6) is -2.41. The number of carboxylic acids is 1. The van der Waals surface area contributed by atoms with Crippen LogP contribution in [-0.4, -0.2) is 29.7 Å². The Labute approximate surface area is 96.0 Å². The summed E-state index contributed by atoms with van der Waals surface area (Å²) >= 11 is 0. The molecule has 0 aromatic carbocycles. The maximum Gasteiger partial charge on any atom is 0.320 e. The molecule has 0 aromatic heterocycles.